The maximum Gasteiger partial charge on any atom is 0.257 e. The minimum Gasteiger partial charge on any atom is -0.396 e. The molecule has 0 saturated carbocycles. The van der Waals surface area contributed by atoms with Gasteiger partial charge in [0.05, 0.1) is 5.69 Å². The highest BCUT2D eigenvalue weighted by atomic mass is 19.1. The molecule has 3 N–H and O–H groups in total. The van der Waals surface area contributed by atoms with Crippen LogP contribution in [0.25, 0.3) is 17.3 Å². The minimum atomic E-state index is -0.711. The first kappa shape index (κ1) is 73.4. The number of rotatable bonds is 24. The molecule has 5 rings (SSSR count). The second kappa shape index (κ2) is 38.2. The van der Waals surface area contributed by atoms with Gasteiger partial charge in [-0.15, -0.1) is 0 Å². The van der Waals surface area contributed by atoms with Crippen molar-refractivity contribution in [1.82, 2.24) is 24.7 Å². The minimum absolute atomic E-state index is 0.0251. The standard InChI is InChI=1S/C30H32F2N4O2.C15H33N.C14H20O.C7H15NO2.C2H6/c1-18(14-25-19(2)34-10-6-28(25)36-13-9-24(33-5)17-29(36)38)20(3)35-11-7-22(8-12-35)30-26(31)15-23(21(4)37)16-27(30)32;1-6-10-15(11-7-2)13-16(12-8-3)14(5)9-4;1-6-12-8-7-10(2)13(9-12)14(4,5)11(3)15;1-6(4-3-5-9)7(10)8-2;1-2/h6-7,9-10,13-17,20,33H,8,11-12H2,1-5H3;14-15H,6-13H2,1-5H3;7-9H,6H2,1-5H3;6,9H,3-5H2,1-2H3,(H,8,10);1-2H3/b18-14+;;;;. The molecule has 2 aromatic heterocycles. The Morgan fingerprint density at radius 2 is 1.51 bits per heavy atom. The summed E-state index contributed by atoms with van der Waals surface area (Å²) < 4.78 is 31.0. The van der Waals surface area contributed by atoms with Crippen LogP contribution in [0.5, 0.6) is 0 Å². The topological polar surface area (TPSA) is 137 Å². The van der Waals surface area contributed by atoms with Gasteiger partial charge in [0, 0.05) is 110 Å². The number of hydrogen-bond donors (Lipinski definition) is 3. The second-order valence-corrected chi connectivity index (χ2v) is 21.9. The summed E-state index contributed by atoms with van der Waals surface area (Å²) in [5, 5.41) is 14.0. The van der Waals surface area contributed by atoms with Crippen LogP contribution in [0.1, 0.15) is 206 Å². The smallest absolute Gasteiger partial charge is 0.257 e. The van der Waals surface area contributed by atoms with Crippen molar-refractivity contribution in [2.75, 3.05) is 52.2 Å². The summed E-state index contributed by atoms with van der Waals surface area (Å²) in [5.41, 5.74) is 7.95. The third-order valence-corrected chi connectivity index (χ3v) is 15.6. The maximum absolute atomic E-state index is 14.7. The van der Waals surface area contributed by atoms with Crippen LogP contribution < -0.4 is 16.2 Å². The second-order valence-electron chi connectivity index (χ2n) is 21.9. The number of aryl methyl sites for hydroxylation is 3. The SMILES string of the molecule is CC.CCCC(CCC)CN(CCC)C(C)CC.CCc1ccc(C)c(C(C)(C)C(C)=O)c1.CNC(=O)C(C)CCCO.CNc1ccn(-c2ccnc(C)c2/C=C(\C)C(C)N2CC=C(c3c(F)cc(C(C)=O)cc3F)CC2)c(=O)c1. The van der Waals surface area contributed by atoms with Gasteiger partial charge in [0.1, 0.15) is 17.4 Å². The number of hydrogen-bond acceptors (Lipinski definition) is 9. The summed E-state index contributed by atoms with van der Waals surface area (Å²) in [6.07, 6.45) is 18.4. The van der Waals surface area contributed by atoms with Crippen molar-refractivity contribution in [3.63, 3.8) is 0 Å². The number of halogens is 2. The van der Waals surface area contributed by atoms with E-state index in [1.54, 1.807) is 44.0 Å². The molecule has 3 heterocycles. The normalized spacial score (nSPS) is 13.6. The molecule has 0 bridgehead atoms. The number of carbonyl (C=O) groups excluding carboxylic acids is 3. The number of pyridine rings is 2. The largest absolute Gasteiger partial charge is 0.396 e. The number of aliphatic hydroxyl groups is 1. The van der Waals surface area contributed by atoms with Gasteiger partial charge in [-0.2, -0.15) is 0 Å². The van der Waals surface area contributed by atoms with E-state index < -0.39 is 11.6 Å². The number of carbonyl (C=O) groups is 3. The monoisotopic (exact) mass is 1120 g/mol. The molecule has 0 aliphatic carbocycles. The van der Waals surface area contributed by atoms with Crippen LogP contribution in [0.4, 0.5) is 14.5 Å². The van der Waals surface area contributed by atoms with Gasteiger partial charge in [0.15, 0.2) is 5.78 Å². The van der Waals surface area contributed by atoms with Gasteiger partial charge in [-0.25, -0.2) is 8.78 Å². The van der Waals surface area contributed by atoms with Gasteiger partial charge in [-0.3, -0.25) is 33.6 Å². The van der Waals surface area contributed by atoms with Crippen molar-refractivity contribution < 1.29 is 28.3 Å². The van der Waals surface area contributed by atoms with Crippen molar-refractivity contribution in [3.05, 3.63) is 134 Å². The zero-order valence-corrected chi connectivity index (χ0v) is 53.5. The third kappa shape index (κ3) is 23.3. The number of nitrogens with zero attached hydrogens (tertiary/aromatic N) is 4. The molecular formula is C68H106F2N6O5. The van der Waals surface area contributed by atoms with Crippen LogP contribution in [0.3, 0.4) is 0 Å². The van der Waals surface area contributed by atoms with Gasteiger partial charge in [-0.1, -0.05) is 104 Å². The predicted octanol–water partition coefficient (Wildman–Crippen LogP) is 14.9. The molecule has 0 spiro atoms. The lowest BCUT2D eigenvalue weighted by Crippen LogP contribution is -2.37. The first-order chi connectivity index (χ1) is 38.4. The molecule has 81 heavy (non-hydrogen) atoms. The quantitative estimate of drug-likeness (QED) is 0.0586. The molecule has 0 saturated heterocycles. The fourth-order valence-electron chi connectivity index (χ4n) is 9.81. The van der Waals surface area contributed by atoms with Gasteiger partial charge in [0.25, 0.3) is 5.56 Å². The fourth-order valence-corrected chi connectivity index (χ4v) is 9.81. The molecule has 13 heteroatoms. The summed E-state index contributed by atoms with van der Waals surface area (Å²) in [7, 11) is 3.39. The van der Waals surface area contributed by atoms with Gasteiger partial charge in [0.2, 0.25) is 5.91 Å². The molecule has 0 fully saturated rings. The van der Waals surface area contributed by atoms with Gasteiger partial charge in [-0.05, 0) is 173 Å². The summed E-state index contributed by atoms with van der Waals surface area (Å²) in [4.78, 5) is 56.1. The van der Waals surface area contributed by atoms with Crippen LogP contribution in [0, 0.1) is 37.3 Å². The molecule has 3 atom stereocenters. The Kier molecular flexibility index (Phi) is 34.6. The van der Waals surface area contributed by atoms with Gasteiger partial charge >= 0.3 is 0 Å². The van der Waals surface area contributed by atoms with Crippen LogP contribution in [-0.2, 0) is 21.4 Å². The fraction of sp³-hybridized carbons (Fsp3) is 0.574. The molecule has 4 aromatic rings. The number of amides is 1. The number of Topliss-reactive ketones (excluding diaryl/α,β-unsaturated/α-hetero) is 2. The predicted molar refractivity (Wildman–Crippen MR) is 338 cm³/mol. The molecule has 1 aliphatic rings. The molecular weight excluding hydrogens is 1020 g/mol. The van der Waals surface area contributed by atoms with E-state index in [4.69, 9.17) is 5.11 Å². The van der Waals surface area contributed by atoms with Gasteiger partial charge < -0.3 is 20.6 Å². The summed E-state index contributed by atoms with van der Waals surface area (Å²) in [6, 6.07) is 14.6. The maximum atomic E-state index is 14.7. The Balaban J connectivity index is 0.000000628. The summed E-state index contributed by atoms with van der Waals surface area (Å²) in [6.45, 7) is 38.6. The molecule has 1 amide bonds. The highest BCUT2D eigenvalue weighted by molar-refractivity contribution is 5.94. The Bertz CT molecular complexity index is 2650. The third-order valence-electron chi connectivity index (χ3n) is 15.6. The average molecular weight is 1130 g/mol. The highest BCUT2D eigenvalue weighted by Crippen LogP contribution is 2.31. The first-order valence-electron chi connectivity index (χ1n) is 30.1. The molecule has 11 nitrogen and oxygen atoms in total. The van der Waals surface area contributed by atoms with Crippen LogP contribution in [-0.4, -0.2) is 101 Å². The zero-order chi connectivity index (χ0) is 61.6. The van der Waals surface area contributed by atoms with E-state index in [-0.39, 0.29) is 58.1 Å². The van der Waals surface area contributed by atoms with E-state index >= 15 is 0 Å². The first-order valence-corrected chi connectivity index (χ1v) is 30.1. The average Bonchev–Trinajstić information content (AvgIpc) is 3.45. The molecule has 1 aliphatic heterocycles. The van der Waals surface area contributed by atoms with E-state index in [9.17, 15) is 28.0 Å². The van der Waals surface area contributed by atoms with Crippen molar-refractivity contribution in [2.24, 2.45) is 11.8 Å². The zero-order valence-electron chi connectivity index (χ0n) is 53.5. The molecule has 0 radical (unpaired) electrons. The number of benzene rings is 2. The molecule has 2 aromatic carbocycles. The number of ketones is 2. The van der Waals surface area contributed by atoms with E-state index in [1.807, 2.05) is 66.7 Å². The lowest BCUT2D eigenvalue weighted by atomic mass is 9.78. The lowest BCUT2D eigenvalue weighted by molar-refractivity contribution is -0.124. The van der Waals surface area contributed by atoms with Crippen LogP contribution in [0.2, 0.25) is 0 Å². The highest BCUT2D eigenvalue weighted by Gasteiger charge is 2.28. The number of aliphatic hydroxyl groups excluding tert-OH is 1. The van der Waals surface area contributed by atoms with E-state index in [0.29, 0.717) is 31.5 Å². The van der Waals surface area contributed by atoms with Crippen molar-refractivity contribution in [1.29, 1.82) is 0 Å². The van der Waals surface area contributed by atoms with Crippen molar-refractivity contribution in [2.45, 2.75) is 199 Å². The molecule has 452 valence electrons. The Hall–Kier alpha value is -5.63. The Labute approximate surface area is 488 Å². The lowest BCUT2D eigenvalue weighted by Gasteiger charge is -2.33. The van der Waals surface area contributed by atoms with Crippen LogP contribution >= 0.6 is 0 Å². The van der Waals surface area contributed by atoms with Crippen LogP contribution in [0.15, 0.2) is 77.4 Å². The van der Waals surface area contributed by atoms with Crippen molar-refractivity contribution >= 4 is 34.8 Å². The van der Waals surface area contributed by atoms with E-state index in [0.717, 1.165) is 70.7 Å². The number of anilines is 1. The summed E-state index contributed by atoms with van der Waals surface area (Å²) in [5.74, 6) is -0.575. The Morgan fingerprint density at radius 1 is 0.877 bits per heavy atom. The Morgan fingerprint density at radius 3 is 1.99 bits per heavy atom. The summed E-state index contributed by atoms with van der Waals surface area (Å²) >= 11 is 0. The number of nitrogens with one attached hydrogen (secondary N) is 2. The van der Waals surface area contributed by atoms with E-state index in [2.05, 4.69) is 105 Å². The molecule has 3 unspecified atom stereocenters. The van der Waals surface area contributed by atoms with Crippen molar-refractivity contribution in [3.8, 4) is 5.69 Å². The van der Waals surface area contributed by atoms with E-state index in [1.165, 1.54) is 69.7 Å². The number of aromatic nitrogens is 2.